The monoisotopic (exact) mass is 386 g/mol. The van der Waals surface area contributed by atoms with Gasteiger partial charge in [-0.15, -0.1) is 0 Å². The zero-order chi connectivity index (χ0) is 20.6. The number of carbonyl (C=O) groups is 1. The first-order valence-electron chi connectivity index (χ1n) is 11.5. The van der Waals surface area contributed by atoms with Crippen molar-refractivity contribution in [1.29, 1.82) is 0 Å². The molecule has 0 atom stereocenters. The summed E-state index contributed by atoms with van der Waals surface area (Å²) in [6.07, 6.45) is 14.5. The van der Waals surface area contributed by atoms with Gasteiger partial charge in [-0.3, -0.25) is 4.79 Å². The van der Waals surface area contributed by atoms with Gasteiger partial charge in [0.25, 0.3) is 6.47 Å². The van der Waals surface area contributed by atoms with Crippen LogP contribution in [0.25, 0.3) is 0 Å². The number of aryl methyl sites for hydroxylation is 3. The normalized spacial score (nSPS) is 15.5. The summed E-state index contributed by atoms with van der Waals surface area (Å²) >= 11 is 0. The van der Waals surface area contributed by atoms with Gasteiger partial charge in [-0.2, -0.15) is 0 Å². The standard InChI is InChI=1S/C26H42O2/c1-21-18-23(12-8-6-10-14-25(3,4)5)19-24(22(21)2)13-9-7-11-15-26(16-17-26)28-20-27/h18-20H,6-17H2,1-5H3. The van der Waals surface area contributed by atoms with Crippen molar-refractivity contribution in [2.75, 3.05) is 0 Å². The highest BCUT2D eigenvalue weighted by atomic mass is 16.5. The lowest BCUT2D eigenvalue weighted by Gasteiger charge is -2.17. The molecule has 1 aliphatic rings. The number of unbranched alkanes of at least 4 members (excludes halogenated alkanes) is 4. The Hall–Kier alpha value is -1.31. The van der Waals surface area contributed by atoms with E-state index in [1.807, 2.05) is 0 Å². The maximum Gasteiger partial charge on any atom is 0.293 e. The summed E-state index contributed by atoms with van der Waals surface area (Å²) in [4.78, 5) is 10.6. The van der Waals surface area contributed by atoms with Crippen molar-refractivity contribution < 1.29 is 9.53 Å². The zero-order valence-corrected chi connectivity index (χ0v) is 19.0. The van der Waals surface area contributed by atoms with E-state index in [-0.39, 0.29) is 5.60 Å². The predicted molar refractivity (Wildman–Crippen MR) is 119 cm³/mol. The first-order chi connectivity index (χ1) is 13.2. The van der Waals surface area contributed by atoms with Gasteiger partial charge in [0, 0.05) is 0 Å². The Kier molecular flexibility index (Phi) is 8.58. The summed E-state index contributed by atoms with van der Waals surface area (Å²) < 4.78 is 5.25. The van der Waals surface area contributed by atoms with E-state index in [2.05, 4.69) is 46.8 Å². The molecule has 0 aromatic heterocycles. The van der Waals surface area contributed by atoms with Crippen LogP contribution in [0.5, 0.6) is 0 Å². The fourth-order valence-corrected chi connectivity index (χ4v) is 4.19. The molecule has 1 saturated carbocycles. The summed E-state index contributed by atoms with van der Waals surface area (Å²) in [5.74, 6) is 0. The van der Waals surface area contributed by atoms with Crippen LogP contribution in [0.2, 0.25) is 0 Å². The van der Waals surface area contributed by atoms with Crippen molar-refractivity contribution in [3.8, 4) is 0 Å². The lowest BCUT2D eigenvalue weighted by Crippen LogP contribution is -2.12. The third kappa shape index (κ3) is 7.97. The van der Waals surface area contributed by atoms with Crippen molar-refractivity contribution in [1.82, 2.24) is 0 Å². The van der Waals surface area contributed by atoms with Gasteiger partial charge in [-0.1, -0.05) is 52.2 Å². The Labute approximate surface area is 173 Å². The summed E-state index contributed by atoms with van der Waals surface area (Å²) in [6.45, 7) is 12.2. The van der Waals surface area contributed by atoms with E-state index < -0.39 is 0 Å². The molecular formula is C26H42O2. The predicted octanol–water partition coefficient (Wildman–Crippen LogP) is 7.26. The average molecular weight is 387 g/mol. The van der Waals surface area contributed by atoms with Crippen molar-refractivity contribution >= 4 is 6.47 Å². The van der Waals surface area contributed by atoms with Crippen molar-refractivity contribution in [3.63, 3.8) is 0 Å². The first-order valence-corrected chi connectivity index (χ1v) is 11.5. The Balaban J connectivity index is 1.73. The van der Waals surface area contributed by atoms with Gasteiger partial charge >= 0.3 is 0 Å². The third-order valence-corrected chi connectivity index (χ3v) is 6.41. The minimum absolute atomic E-state index is 0.0822. The number of hydrogen-bond acceptors (Lipinski definition) is 2. The average Bonchev–Trinajstić information content (AvgIpc) is 3.37. The molecule has 0 N–H and O–H groups in total. The maximum atomic E-state index is 10.6. The number of ether oxygens (including phenoxy) is 1. The molecule has 0 unspecified atom stereocenters. The van der Waals surface area contributed by atoms with E-state index in [4.69, 9.17) is 4.74 Å². The van der Waals surface area contributed by atoms with Gasteiger partial charge in [0.2, 0.25) is 0 Å². The molecule has 1 aromatic carbocycles. The van der Waals surface area contributed by atoms with E-state index in [1.54, 1.807) is 0 Å². The summed E-state index contributed by atoms with van der Waals surface area (Å²) in [5, 5.41) is 0. The number of carbonyl (C=O) groups excluding carboxylic acids is 1. The van der Waals surface area contributed by atoms with E-state index in [1.165, 1.54) is 80.0 Å². The highest BCUT2D eigenvalue weighted by Crippen LogP contribution is 2.43. The van der Waals surface area contributed by atoms with Crippen LogP contribution in [-0.2, 0) is 22.4 Å². The highest BCUT2D eigenvalue weighted by Gasteiger charge is 2.44. The van der Waals surface area contributed by atoms with E-state index in [0.29, 0.717) is 11.9 Å². The molecule has 1 fully saturated rings. The molecule has 1 aromatic rings. The van der Waals surface area contributed by atoms with E-state index in [0.717, 1.165) is 19.3 Å². The SMILES string of the molecule is Cc1cc(CCCCCC(C)(C)C)cc(CCCCCC2(OC=O)CC2)c1C. The topological polar surface area (TPSA) is 26.3 Å². The van der Waals surface area contributed by atoms with Crippen molar-refractivity contribution in [2.45, 2.75) is 117 Å². The number of benzene rings is 1. The van der Waals surface area contributed by atoms with Crippen LogP contribution in [0.3, 0.4) is 0 Å². The molecule has 0 radical (unpaired) electrons. The lowest BCUT2D eigenvalue weighted by molar-refractivity contribution is -0.135. The highest BCUT2D eigenvalue weighted by molar-refractivity contribution is 5.39. The molecule has 0 bridgehead atoms. The molecule has 0 amide bonds. The smallest absolute Gasteiger partial charge is 0.293 e. The molecule has 0 heterocycles. The van der Waals surface area contributed by atoms with Crippen LogP contribution in [0.1, 0.15) is 107 Å². The van der Waals surface area contributed by atoms with Crippen molar-refractivity contribution in [2.24, 2.45) is 5.41 Å². The minimum atomic E-state index is -0.0822. The molecular weight excluding hydrogens is 344 g/mol. The van der Waals surface area contributed by atoms with Gasteiger partial charge in [0.05, 0.1) is 0 Å². The van der Waals surface area contributed by atoms with Crippen LogP contribution in [0.4, 0.5) is 0 Å². The van der Waals surface area contributed by atoms with Gasteiger partial charge in [-0.05, 0) is 99.3 Å². The second-order valence-electron chi connectivity index (χ2n) is 10.3. The maximum absolute atomic E-state index is 10.6. The molecule has 2 nitrogen and oxygen atoms in total. The van der Waals surface area contributed by atoms with Gasteiger partial charge in [-0.25, -0.2) is 0 Å². The number of rotatable bonds is 13. The van der Waals surface area contributed by atoms with Gasteiger partial charge < -0.3 is 4.74 Å². The van der Waals surface area contributed by atoms with Crippen LogP contribution in [0, 0.1) is 19.3 Å². The minimum Gasteiger partial charge on any atom is -0.461 e. The fourth-order valence-electron chi connectivity index (χ4n) is 4.19. The zero-order valence-electron chi connectivity index (χ0n) is 19.0. The summed E-state index contributed by atoms with van der Waals surface area (Å²) in [6, 6.07) is 4.86. The van der Waals surface area contributed by atoms with Crippen LogP contribution in [-0.4, -0.2) is 12.1 Å². The molecule has 0 aliphatic heterocycles. The molecule has 1 aliphatic carbocycles. The number of hydrogen-bond donors (Lipinski definition) is 0. The van der Waals surface area contributed by atoms with Crippen LogP contribution in [0.15, 0.2) is 12.1 Å². The van der Waals surface area contributed by atoms with E-state index in [9.17, 15) is 4.79 Å². The molecule has 158 valence electrons. The molecule has 2 heteroatoms. The summed E-state index contributed by atoms with van der Waals surface area (Å²) in [7, 11) is 0. The van der Waals surface area contributed by atoms with Crippen LogP contribution < -0.4 is 0 Å². The lowest BCUT2D eigenvalue weighted by atomic mass is 9.89. The van der Waals surface area contributed by atoms with Crippen LogP contribution >= 0.6 is 0 Å². The second kappa shape index (κ2) is 10.5. The Morgan fingerprint density at radius 1 is 0.964 bits per heavy atom. The second-order valence-corrected chi connectivity index (χ2v) is 10.3. The van der Waals surface area contributed by atoms with Crippen molar-refractivity contribution in [3.05, 3.63) is 34.4 Å². The largest absolute Gasteiger partial charge is 0.461 e. The quantitative estimate of drug-likeness (QED) is 0.263. The molecule has 0 saturated heterocycles. The molecule has 0 spiro atoms. The Morgan fingerprint density at radius 2 is 1.64 bits per heavy atom. The fraction of sp³-hybridized carbons (Fsp3) is 0.731. The first kappa shape index (κ1) is 23.0. The Bertz CT molecular complexity index is 620. The van der Waals surface area contributed by atoms with E-state index >= 15 is 0 Å². The van der Waals surface area contributed by atoms with Gasteiger partial charge in [0.1, 0.15) is 5.60 Å². The Morgan fingerprint density at radius 3 is 2.29 bits per heavy atom. The third-order valence-electron chi connectivity index (χ3n) is 6.41. The van der Waals surface area contributed by atoms with Gasteiger partial charge in [0.15, 0.2) is 0 Å². The molecule has 2 rings (SSSR count). The summed E-state index contributed by atoms with van der Waals surface area (Å²) in [5.41, 5.74) is 6.35. The molecule has 28 heavy (non-hydrogen) atoms.